The number of benzene rings is 2. The maximum atomic E-state index is 13.1. The van der Waals surface area contributed by atoms with Crippen molar-refractivity contribution < 1.29 is 13.2 Å². The molecular weight excluding hydrogens is 322 g/mol. The molecule has 126 valence electrons. The van der Waals surface area contributed by atoms with Crippen LogP contribution in [0.2, 0.25) is 0 Å². The third-order valence-corrected chi connectivity index (χ3v) is 5.37. The van der Waals surface area contributed by atoms with Crippen LogP contribution in [0.5, 0.6) is 5.75 Å². The van der Waals surface area contributed by atoms with Crippen molar-refractivity contribution in [1.82, 2.24) is 0 Å². The van der Waals surface area contributed by atoms with E-state index >= 15 is 0 Å². The highest BCUT2D eigenvalue weighted by molar-refractivity contribution is 7.92. The SMILES string of the molecule is C=Cc1ccccc1N(C/C=C/C)S(=O)(=O)c1ccc(OC)cc1. The van der Waals surface area contributed by atoms with Crippen LogP contribution in [0.1, 0.15) is 12.5 Å². The van der Waals surface area contributed by atoms with Crippen molar-refractivity contribution in [2.24, 2.45) is 0 Å². The number of ether oxygens (including phenoxy) is 1. The van der Waals surface area contributed by atoms with Crippen LogP contribution < -0.4 is 9.04 Å². The Morgan fingerprint density at radius 1 is 1.12 bits per heavy atom. The molecule has 0 amide bonds. The van der Waals surface area contributed by atoms with Gasteiger partial charge in [-0.3, -0.25) is 4.31 Å². The first kappa shape index (κ1) is 17.8. The van der Waals surface area contributed by atoms with E-state index in [4.69, 9.17) is 4.74 Å². The Kier molecular flexibility index (Phi) is 5.82. The lowest BCUT2D eigenvalue weighted by atomic mass is 10.2. The fourth-order valence-corrected chi connectivity index (χ4v) is 3.73. The van der Waals surface area contributed by atoms with Gasteiger partial charge in [-0.15, -0.1) is 0 Å². The first-order chi connectivity index (χ1) is 11.5. The molecule has 0 aliphatic carbocycles. The Morgan fingerprint density at radius 2 is 1.79 bits per heavy atom. The van der Waals surface area contributed by atoms with Gasteiger partial charge >= 0.3 is 0 Å². The molecule has 0 saturated carbocycles. The zero-order valence-electron chi connectivity index (χ0n) is 13.8. The number of para-hydroxylation sites is 1. The molecule has 0 heterocycles. The van der Waals surface area contributed by atoms with Gasteiger partial charge < -0.3 is 4.74 Å². The smallest absolute Gasteiger partial charge is 0.264 e. The highest BCUT2D eigenvalue weighted by Gasteiger charge is 2.25. The molecule has 0 saturated heterocycles. The highest BCUT2D eigenvalue weighted by atomic mass is 32.2. The van der Waals surface area contributed by atoms with Gasteiger partial charge in [-0.1, -0.05) is 43.0 Å². The quantitative estimate of drug-likeness (QED) is 0.711. The zero-order chi connectivity index (χ0) is 17.6. The summed E-state index contributed by atoms with van der Waals surface area (Å²) in [7, 11) is -2.16. The van der Waals surface area contributed by atoms with E-state index < -0.39 is 10.0 Å². The maximum Gasteiger partial charge on any atom is 0.264 e. The van der Waals surface area contributed by atoms with Crippen molar-refractivity contribution in [3.05, 3.63) is 72.8 Å². The van der Waals surface area contributed by atoms with Gasteiger partial charge in [0, 0.05) is 0 Å². The highest BCUT2D eigenvalue weighted by Crippen LogP contribution is 2.28. The molecule has 0 unspecified atom stereocenters. The molecular formula is C19H21NO3S. The molecule has 0 radical (unpaired) electrons. The average Bonchev–Trinajstić information content (AvgIpc) is 2.62. The molecule has 0 atom stereocenters. The summed E-state index contributed by atoms with van der Waals surface area (Å²) >= 11 is 0. The number of methoxy groups -OCH3 is 1. The lowest BCUT2D eigenvalue weighted by Gasteiger charge is -2.25. The number of anilines is 1. The number of rotatable bonds is 7. The lowest BCUT2D eigenvalue weighted by molar-refractivity contribution is 0.414. The molecule has 0 aromatic heterocycles. The van der Waals surface area contributed by atoms with E-state index in [-0.39, 0.29) is 11.4 Å². The fourth-order valence-electron chi connectivity index (χ4n) is 2.29. The molecule has 24 heavy (non-hydrogen) atoms. The molecule has 0 bridgehead atoms. The minimum absolute atomic E-state index is 0.215. The number of nitrogens with zero attached hydrogens (tertiary/aromatic N) is 1. The number of allylic oxidation sites excluding steroid dienone is 1. The summed E-state index contributed by atoms with van der Waals surface area (Å²) in [5.74, 6) is 0.612. The Labute approximate surface area is 143 Å². The molecule has 4 nitrogen and oxygen atoms in total. The van der Waals surface area contributed by atoms with Crippen LogP contribution in [-0.4, -0.2) is 22.1 Å². The third kappa shape index (κ3) is 3.68. The molecule has 2 aromatic rings. The van der Waals surface area contributed by atoms with Crippen molar-refractivity contribution in [2.45, 2.75) is 11.8 Å². The van der Waals surface area contributed by atoms with Crippen molar-refractivity contribution >= 4 is 21.8 Å². The second kappa shape index (κ2) is 7.84. The van der Waals surface area contributed by atoms with Gasteiger partial charge in [-0.25, -0.2) is 8.42 Å². The van der Waals surface area contributed by atoms with Crippen LogP contribution in [-0.2, 0) is 10.0 Å². The largest absolute Gasteiger partial charge is 0.497 e. The van der Waals surface area contributed by atoms with Gasteiger partial charge in [0.2, 0.25) is 0 Å². The van der Waals surface area contributed by atoms with E-state index in [0.29, 0.717) is 11.4 Å². The normalized spacial score (nSPS) is 11.4. The molecule has 0 aliphatic rings. The number of hydrogen-bond donors (Lipinski definition) is 0. The summed E-state index contributed by atoms with van der Waals surface area (Å²) in [6, 6.07) is 13.7. The molecule has 0 fully saturated rings. The van der Waals surface area contributed by atoms with Crippen LogP contribution in [0, 0.1) is 0 Å². The van der Waals surface area contributed by atoms with E-state index in [1.165, 1.54) is 4.31 Å². The van der Waals surface area contributed by atoms with E-state index in [0.717, 1.165) is 5.56 Å². The topological polar surface area (TPSA) is 46.6 Å². The van der Waals surface area contributed by atoms with Crippen LogP contribution >= 0.6 is 0 Å². The lowest BCUT2D eigenvalue weighted by Crippen LogP contribution is -2.31. The van der Waals surface area contributed by atoms with Crippen molar-refractivity contribution in [1.29, 1.82) is 0 Å². The summed E-state index contributed by atoms with van der Waals surface area (Å²) in [5, 5.41) is 0. The van der Waals surface area contributed by atoms with E-state index in [9.17, 15) is 8.42 Å². The zero-order valence-corrected chi connectivity index (χ0v) is 14.7. The standard InChI is InChI=1S/C19H21NO3S/c1-4-6-15-20(19-10-8-7-9-16(19)5-2)24(21,22)18-13-11-17(23-3)12-14-18/h4-14H,2,15H2,1,3H3/b6-4+. The van der Waals surface area contributed by atoms with Gasteiger partial charge in [-0.05, 0) is 42.8 Å². The summed E-state index contributed by atoms with van der Waals surface area (Å²) < 4.78 is 32.7. The van der Waals surface area contributed by atoms with Gasteiger partial charge in [0.1, 0.15) is 5.75 Å². The molecule has 2 aromatic carbocycles. The number of sulfonamides is 1. The van der Waals surface area contributed by atoms with Gasteiger partial charge in [0.15, 0.2) is 0 Å². The van der Waals surface area contributed by atoms with Crippen molar-refractivity contribution in [2.75, 3.05) is 18.0 Å². The third-order valence-electron chi connectivity index (χ3n) is 3.58. The fraction of sp³-hybridized carbons (Fsp3) is 0.158. The van der Waals surface area contributed by atoms with E-state index in [1.807, 2.05) is 31.2 Å². The molecule has 0 spiro atoms. The first-order valence-corrected chi connectivity index (χ1v) is 8.98. The molecule has 0 aliphatic heterocycles. The summed E-state index contributed by atoms with van der Waals surface area (Å²) in [6.07, 6.45) is 5.29. The predicted octanol–water partition coefficient (Wildman–Crippen LogP) is 4.11. The van der Waals surface area contributed by atoms with Crippen LogP contribution in [0.25, 0.3) is 6.08 Å². The van der Waals surface area contributed by atoms with Crippen molar-refractivity contribution in [3.63, 3.8) is 0 Å². The van der Waals surface area contributed by atoms with Gasteiger partial charge in [0.25, 0.3) is 10.0 Å². The summed E-state index contributed by atoms with van der Waals surface area (Å²) in [4.78, 5) is 0.215. The minimum Gasteiger partial charge on any atom is -0.497 e. The molecule has 0 N–H and O–H groups in total. The second-order valence-corrected chi connectivity index (χ2v) is 6.91. The first-order valence-electron chi connectivity index (χ1n) is 7.54. The Morgan fingerprint density at radius 3 is 2.38 bits per heavy atom. The van der Waals surface area contributed by atoms with Crippen LogP contribution in [0.15, 0.2) is 72.2 Å². The van der Waals surface area contributed by atoms with E-state index in [2.05, 4.69) is 6.58 Å². The Bertz CT molecular complexity index is 824. The Balaban J connectivity index is 2.55. The van der Waals surface area contributed by atoms with Gasteiger partial charge in [0.05, 0.1) is 24.2 Å². The Hall–Kier alpha value is -2.53. The second-order valence-electron chi connectivity index (χ2n) is 5.04. The van der Waals surface area contributed by atoms with Crippen LogP contribution in [0.3, 0.4) is 0 Å². The predicted molar refractivity (Wildman–Crippen MR) is 98.9 cm³/mol. The number of hydrogen-bond acceptors (Lipinski definition) is 3. The molecule has 5 heteroatoms. The maximum absolute atomic E-state index is 13.1. The summed E-state index contributed by atoms with van der Waals surface area (Å²) in [5.41, 5.74) is 1.36. The minimum atomic E-state index is -3.71. The average molecular weight is 343 g/mol. The van der Waals surface area contributed by atoms with Crippen molar-refractivity contribution in [3.8, 4) is 5.75 Å². The van der Waals surface area contributed by atoms with Crippen LogP contribution in [0.4, 0.5) is 5.69 Å². The van der Waals surface area contributed by atoms with Gasteiger partial charge in [-0.2, -0.15) is 0 Å². The monoisotopic (exact) mass is 343 g/mol. The molecule has 2 rings (SSSR count). The van der Waals surface area contributed by atoms with E-state index in [1.54, 1.807) is 49.6 Å². The summed E-state index contributed by atoms with van der Waals surface area (Å²) in [6.45, 7) is 5.88.